The Labute approximate surface area is 132 Å². The first-order valence-corrected chi connectivity index (χ1v) is 7.22. The van der Waals surface area contributed by atoms with Gasteiger partial charge in [-0.1, -0.05) is 53.5 Å². The molecule has 0 aliphatic rings. The van der Waals surface area contributed by atoms with Crippen LogP contribution in [0.25, 0.3) is 10.9 Å². The number of carbonyl (C=O) groups is 1. The minimum Gasteiger partial charge on any atom is -0.294 e. The molecule has 0 bridgehead atoms. The predicted molar refractivity (Wildman–Crippen MR) is 86.2 cm³/mol. The maximum absolute atomic E-state index is 12.4. The van der Waals surface area contributed by atoms with E-state index in [2.05, 4.69) is 4.98 Å². The molecule has 0 aliphatic heterocycles. The number of rotatable bonds is 3. The fourth-order valence-corrected chi connectivity index (χ4v) is 2.83. The number of hydrogen-bond acceptors (Lipinski definition) is 2. The summed E-state index contributed by atoms with van der Waals surface area (Å²) in [5, 5.41) is 1.78. The fourth-order valence-electron chi connectivity index (χ4n) is 2.22. The van der Waals surface area contributed by atoms with Gasteiger partial charge in [0.05, 0.1) is 27.5 Å². The highest BCUT2D eigenvalue weighted by Crippen LogP contribution is 2.25. The van der Waals surface area contributed by atoms with Gasteiger partial charge in [-0.3, -0.25) is 9.78 Å². The summed E-state index contributed by atoms with van der Waals surface area (Å²) in [6.07, 6.45) is 0.175. The second-order valence-electron chi connectivity index (χ2n) is 4.69. The quantitative estimate of drug-likeness (QED) is 0.639. The van der Waals surface area contributed by atoms with Gasteiger partial charge < -0.3 is 0 Å². The molecule has 21 heavy (non-hydrogen) atoms. The van der Waals surface area contributed by atoms with Crippen molar-refractivity contribution in [2.45, 2.75) is 6.42 Å². The van der Waals surface area contributed by atoms with Crippen LogP contribution >= 0.6 is 23.2 Å². The largest absolute Gasteiger partial charge is 0.294 e. The van der Waals surface area contributed by atoms with Gasteiger partial charge in [0.25, 0.3) is 0 Å². The summed E-state index contributed by atoms with van der Waals surface area (Å²) < 4.78 is 0. The molecule has 0 saturated heterocycles. The highest BCUT2D eigenvalue weighted by Gasteiger charge is 2.15. The molecule has 0 unspecified atom stereocenters. The third-order valence-corrected chi connectivity index (χ3v) is 3.87. The van der Waals surface area contributed by atoms with Crippen LogP contribution in [0.2, 0.25) is 10.0 Å². The van der Waals surface area contributed by atoms with Crippen LogP contribution in [0.15, 0.2) is 54.6 Å². The molecule has 0 spiro atoms. The second-order valence-corrected chi connectivity index (χ2v) is 5.51. The van der Waals surface area contributed by atoms with Crippen molar-refractivity contribution in [1.29, 1.82) is 0 Å². The van der Waals surface area contributed by atoms with E-state index in [0.717, 1.165) is 10.9 Å². The zero-order valence-electron chi connectivity index (χ0n) is 11.0. The van der Waals surface area contributed by atoms with Gasteiger partial charge in [0.15, 0.2) is 5.78 Å². The van der Waals surface area contributed by atoms with Crippen LogP contribution in [0.4, 0.5) is 0 Å². The summed E-state index contributed by atoms with van der Waals surface area (Å²) in [4.78, 5) is 16.9. The van der Waals surface area contributed by atoms with E-state index in [9.17, 15) is 4.79 Å². The lowest BCUT2D eigenvalue weighted by molar-refractivity contribution is 0.0992. The average molecular weight is 316 g/mol. The van der Waals surface area contributed by atoms with Crippen molar-refractivity contribution >= 4 is 39.9 Å². The van der Waals surface area contributed by atoms with Crippen molar-refractivity contribution in [3.8, 4) is 0 Å². The standard InChI is InChI=1S/C17H11Cl2NO/c18-13-5-3-6-14(19)17(13)16(21)10-12-9-8-11-4-1-2-7-15(11)20-12/h1-9H,10H2. The summed E-state index contributed by atoms with van der Waals surface area (Å²) in [6, 6.07) is 16.6. The maximum Gasteiger partial charge on any atom is 0.171 e. The van der Waals surface area contributed by atoms with Gasteiger partial charge in [-0.2, -0.15) is 0 Å². The molecule has 0 radical (unpaired) electrons. The number of para-hydroxylation sites is 1. The lowest BCUT2D eigenvalue weighted by Crippen LogP contribution is -2.06. The van der Waals surface area contributed by atoms with E-state index in [0.29, 0.717) is 21.3 Å². The number of fused-ring (bicyclic) bond motifs is 1. The van der Waals surface area contributed by atoms with E-state index < -0.39 is 0 Å². The average Bonchev–Trinajstić information content (AvgIpc) is 2.47. The normalized spacial score (nSPS) is 10.8. The highest BCUT2D eigenvalue weighted by atomic mass is 35.5. The number of ketones is 1. The number of benzene rings is 2. The van der Waals surface area contributed by atoms with Crippen molar-refractivity contribution in [1.82, 2.24) is 4.98 Å². The second kappa shape index (κ2) is 5.84. The van der Waals surface area contributed by atoms with E-state index >= 15 is 0 Å². The van der Waals surface area contributed by atoms with Crippen LogP contribution in [-0.4, -0.2) is 10.8 Å². The Kier molecular flexibility index (Phi) is 3.91. The van der Waals surface area contributed by atoms with E-state index in [-0.39, 0.29) is 12.2 Å². The van der Waals surface area contributed by atoms with Crippen molar-refractivity contribution in [3.63, 3.8) is 0 Å². The number of hydrogen-bond donors (Lipinski definition) is 0. The van der Waals surface area contributed by atoms with Crippen molar-refractivity contribution in [2.75, 3.05) is 0 Å². The van der Waals surface area contributed by atoms with Gasteiger partial charge in [0.1, 0.15) is 0 Å². The Morgan fingerprint density at radius 2 is 1.62 bits per heavy atom. The van der Waals surface area contributed by atoms with E-state index in [1.54, 1.807) is 18.2 Å². The molecule has 0 atom stereocenters. The minimum atomic E-state index is -0.131. The van der Waals surface area contributed by atoms with Crippen LogP contribution in [0.5, 0.6) is 0 Å². The molecule has 0 N–H and O–H groups in total. The molecule has 3 aromatic rings. The van der Waals surface area contributed by atoms with Crippen LogP contribution in [0.1, 0.15) is 16.1 Å². The third-order valence-electron chi connectivity index (χ3n) is 3.24. The molecule has 0 fully saturated rings. The third kappa shape index (κ3) is 2.92. The summed E-state index contributed by atoms with van der Waals surface area (Å²) in [6.45, 7) is 0. The highest BCUT2D eigenvalue weighted by molar-refractivity contribution is 6.39. The summed E-state index contributed by atoms with van der Waals surface area (Å²) >= 11 is 12.1. The molecule has 2 nitrogen and oxygen atoms in total. The molecular formula is C17H11Cl2NO. The number of nitrogens with zero attached hydrogens (tertiary/aromatic N) is 1. The van der Waals surface area contributed by atoms with Gasteiger partial charge in [0, 0.05) is 11.1 Å². The Morgan fingerprint density at radius 1 is 0.905 bits per heavy atom. The Balaban J connectivity index is 1.93. The van der Waals surface area contributed by atoms with Crippen LogP contribution in [0, 0.1) is 0 Å². The number of halogens is 2. The van der Waals surface area contributed by atoms with Gasteiger partial charge in [-0.05, 0) is 24.3 Å². The fraction of sp³-hybridized carbons (Fsp3) is 0.0588. The first-order chi connectivity index (χ1) is 10.1. The van der Waals surface area contributed by atoms with Crippen LogP contribution in [0.3, 0.4) is 0 Å². The molecule has 1 aromatic heterocycles. The molecule has 0 saturated carbocycles. The molecule has 0 aliphatic carbocycles. The first kappa shape index (κ1) is 14.1. The van der Waals surface area contributed by atoms with Gasteiger partial charge in [0.2, 0.25) is 0 Å². The predicted octanol–water partition coefficient (Wildman–Crippen LogP) is 4.97. The number of Topliss-reactive ketones (excluding diaryl/α,β-unsaturated/α-hetero) is 1. The smallest absolute Gasteiger partial charge is 0.171 e. The molecule has 2 aromatic carbocycles. The van der Waals surface area contributed by atoms with Gasteiger partial charge >= 0.3 is 0 Å². The van der Waals surface area contributed by atoms with Crippen molar-refractivity contribution in [3.05, 3.63) is 75.9 Å². The number of carbonyl (C=O) groups excluding carboxylic acids is 1. The zero-order valence-corrected chi connectivity index (χ0v) is 12.5. The summed E-state index contributed by atoms with van der Waals surface area (Å²) in [7, 11) is 0. The minimum absolute atomic E-state index is 0.131. The molecule has 3 rings (SSSR count). The van der Waals surface area contributed by atoms with Gasteiger partial charge in [-0.15, -0.1) is 0 Å². The maximum atomic E-state index is 12.4. The number of pyridine rings is 1. The number of aromatic nitrogens is 1. The Morgan fingerprint density at radius 3 is 2.38 bits per heavy atom. The topological polar surface area (TPSA) is 30.0 Å². The first-order valence-electron chi connectivity index (χ1n) is 6.47. The van der Waals surface area contributed by atoms with Crippen LogP contribution < -0.4 is 0 Å². The summed E-state index contributed by atoms with van der Waals surface area (Å²) in [5.74, 6) is -0.131. The molecule has 1 heterocycles. The Bertz CT molecular complexity index is 810. The van der Waals surface area contributed by atoms with E-state index in [1.807, 2.05) is 36.4 Å². The zero-order chi connectivity index (χ0) is 14.8. The van der Waals surface area contributed by atoms with Gasteiger partial charge in [-0.25, -0.2) is 0 Å². The lowest BCUT2D eigenvalue weighted by atomic mass is 10.1. The summed E-state index contributed by atoms with van der Waals surface area (Å²) in [5.41, 5.74) is 1.93. The lowest BCUT2D eigenvalue weighted by Gasteiger charge is -2.06. The molecule has 104 valence electrons. The monoisotopic (exact) mass is 315 g/mol. The van der Waals surface area contributed by atoms with E-state index in [4.69, 9.17) is 23.2 Å². The van der Waals surface area contributed by atoms with Crippen molar-refractivity contribution < 1.29 is 4.79 Å². The molecule has 0 amide bonds. The molecule has 4 heteroatoms. The SMILES string of the molecule is O=C(Cc1ccc2ccccc2n1)c1c(Cl)cccc1Cl. The Hall–Kier alpha value is -1.90. The van der Waals surface area contributed by atoms with E-state index in [1.165, 1.54) is 0 Å². The van der Waals surface area contributed by atoms with Crippen LogP contribution in [-0.2, 0) is 6.42 Å². The molecular weight excluding hydrogens is 305 g/mol. The van der Waals surface area contributed by atoms with Crippen molar-refractivity contribution in [2.24, 2.45) is 0 Å².